The van der Waals surface area contributed by atoms with E-state index in [9.17, 15) is 14.9 Å². The number of aliphatic hydroxyl groups excluding tert-OH is 1. The number of carbonyl (C=O) groups is 1. The molecule has 1 rings (SSSR count). The number of benzene rings is 1. The van der Waals surface area contributed by atoms with E-state index < -0.39 is 4.92 Å². The van der Waals surface area contributed by atoms with E-state index in [0.717, 1.165) is 5.56 Å². The lowest BCUT2D eigenvalue weighted by Crippen LogP contribution is -2.33. The third-order valence-corrected chi connectivity index (χ3v) is 2.73. The molecule has 1 unspecified atom stereocenters. The standard InChI is InChI=1S/C13H18N2O4/c1-10(7-8-16)14-13(17)6-5-11-3-2-4-12(9-11)15(18)19/h2-4,9-10,16H,5-8H2,1H3,(H,14,17). The number of nitro benzene ring substituents is 1. The van der Waals surface area contributed by atoms with Crippen LogP contribution in [-0.2, 0) is 11.2 Å². The highest BCUT2D eigenvalue weighted by Crippen LogP contribution is 2.14. The molecule has 0 bridgehead atoms. The van der Waals surface area contributed by atoms with Gasteiger partial charge in [-0.1, -0.05) is 12.1 Å². The molecule has 19 heavy (non-hydrogen) atoms. The first-order valence-corrected chi connectivity index (χ1v) is 6.16. The largest absolute Gasteiger partial charge is 0.396 e. The quantitative estimate of drug-likeness (QED) is 0.576. The zero-order valence-electron chi connectivity index (χ0n) is 10.8. The molecule has 1 aromatic carbocycles. The molecule has 2 N–H and O–H groups in total. The van der Waals surface area contributed by atoms with Gasteiger partial charge in [0.1, 0.15) is 0 Å². The average Bonchev–Trinajstić information content (AvgIpc) is 2.37. The maximum absolute atomic E-state index is 11.6. The fourth-order valence-corrected chi connectivity index (χ4v) is 1.70. The predicted octanol–water partition coefficient (Wildman–Crippen LogP) is 1.41. The normalized spacial score (nSPS) is 11.9. The van der Waals surface area contributed by atoms with E-state index in [1.165, 1.54) is 12.1 Å². The van der Waals surface area contributed by atoms with Crippen LogP contribution in [0.3, 0.4) is 0 Å². The second kappa shape index (κ2) is 7.48. The Hall–Kier alpha value is -1.95. The van der Waals surface area contributed by atoms with Crippen molar-refractivity contribution in [1.82, 2.24) is 5.32 Å². The molecule has 0 radical (unpaired) electrons. The van der Waals surface area contributed by atoms with Crippen LogP contribution in [0.2, 0.25) is 0 Å². The second-order valence-corrected chi connectivity index (χ2v) is 4.41. The Kier molecular flexibility index (Phi) is 5.95. The van der Waals surface area contributed by atoms with Crippen LogP contribution in [0.4, 0.5) is 5.69 Å². The summed E-state index contributed by atoms with van der Waals surface area (Å²) >= 11 is 0. The molecule has 1 amide bonds. The number of hydrogen-bond acceptors (Lipinski definition) is 4. The Labute approximate surface area is 111 Å². The summed E-state index contributed by atoms with van der Waals surface area (Å²) in [5.41, 5.74) is 0.797. The lowest BCUT2D eigenvalue weighted by molar-refractivity contribution is -0.384. The lowest BCUT2D eigenvalue weighted by atomic mass is 10.1. The zero-order valence-corrected chi connectivity index (χ0v) is 10.8. The molecule has 1 atom stereocenters. The smallest absolute Gasteiger partial charge is 0.269 e. The molecule has 104 valence electrons. The number of aliphatic hydroxyl groups is 1. The predicted molar refractivity (Wildman–Crippen MR) is 70.7 cm³/mol. The van der Waals surface area contributed by atoms with Crippen LogP contribution in [0.5, 0.6) is 0 Å². The number of nitrogens with one attached hydrogen (secondary N) is 1. The van der Waals surface area contributed by atoms with E-state index in [-0.39, 0.29) is 30.7 Å². The molecule has 0 spiro atoms. The fraction of sp³-hybridized carbons (Fsp3) is 0.462. The molecule has 0 aromatic heterocycles. The first-order chi connectivity index (χ1) is 9.02. The van der Waals surface area contributed by atoms with E-state index in [2.05, 4.69) is 5.32 Å². The van der Waals surface area contributed by atoms with Crippen molar-refractivity contribution in [3.05, 3.63) is 39.9 Å². The monoisotopic (exact) mass is 266 g/mol. The highest BCUT2D eigenvalue weighted by molar-refractivity contribution is 5.76. The summed E-state index contributed by atoms with van der Waals surface area (Å²) in [5, 5.41) is 22.1. The summed E-state index contributed by atoms with van der Waals surface area (Å²) in [7, 11) is 0. The fourth-order valence-electron chi connectivity index (χ4n) is 1.70. The van der Waals surface area contributed by atoms with Gasteiger partial charge in [0.2, 0.25) is 5.91 Å². The molecule has 0 aliphatic carbocycles. The molecule has 0 saturated heterocycles. The van der Waals surface area contributed by atoms with Crippen molar-refractivity contribution in [3.63, 3.8) is 0 Å². The van der Waals surface area contributed by atoms with Gasteiger partial charge < -0.3 is 10.4 Å². The maximum atomic E-state index is 11.6. The van der Waals surface area contributed by atoms with Crippen molar-refractivity contribution >= 4 is 11.6 Å². The van der Waals surface area contributed by atoms with E-state index >= 15 is 0 Å². The Morgan fingerprint density at radius 3 is 2.89 bits per heavy atom. The van der Waals surface area contributed by atoms with Gasteiger partial charge in [0.15, 0.2) is 0 Å². The highest BCUT2D eigenvalue weighted by atomic mass is 16.6. The van der Waals surface area contributed by atoms with Crippen molar-refractivity contribution in [1.29, 1.82) is 0 Å². The van der Waals surface area contributed by atoms with E-state index in [0.29, 0.717) is 12.8 Å². The first-order valence-electron chi connectivity index (χ1n) is 6.16. The van der Waals surface area contributed by atoms with Crippen LogP contribution in [0.25, 0.3) is 0 Å². The van der Waals surface area contributed by atoms with Crippen molar-refractivity contribution in [3.8, 4) is 0 Å². The summed E-state index contributed by atoms with van der Waals surface area (Å²) in [6.45, 7) is 1.85. The van der Waals surface area contributed by atoms with E-state index in [1.54, 1.807) is 12.1 Å². The lowest BCUT2D eigenvalue weighted by Gasteiger charge is -2.12. The van der Waals surface area contributed by atoms with Crippen LogP contribution in [0, 0.1) is 10.1 Å². The van der Waals surface area contributed by atoms with Crippen LogP contribution < -0.4 is 5.32 Å². The topological polar surface area (TPSA) is 92.5 Å². The minimum Gasteiger partial charge on any atom is -0.396 e. The van der Waals surface area contributed by atoms with Gasteiger partial charge in [-0.25, -0.2) is 0 Å². The Morgan fingerprint density at radius 2 is 2.26 bits per heavy atom. The van der Waals surface area contributed by atoms with Gasteiger partial charge in [-0.2, -0.15) is 0 Å². The number of hydrogen-bond donors (Lipinski definition) is 2. The number of nitro groups is 1. The molecule has 6 heteroatoms. The van der Waals surface area contributed by atoms with Crippen LogP contribution in [0.15, 0.2) is 24.3 Å². The molecule has 0 aliphatic heterocycles. The third kappa shape index (κ3) is 5.48. The minimum atomic E-state index is -0.451. The highest BCUT2D eigenvalue weighted by Gasteiger charge is 2.09. The molecule has 0 heterocycles. The molecule has 6 nitrogen and oxygen atoms in total. The summed E-state index contributed by atoms with van der Waals surface area (Å²) in [5.74, 6) is -0.118. The van der Waals surface area contributed by atoms with Crippen LogP contribution in [-0.4, -0.2) is 28.6 Å². The van der Waals surface area contributed by atoms with Gasteiger partial charge in [-0.3, -0.25) is 14.9 Å². The molecular formula is C13H18N2O4. The summed E-state index contributed by atoms with van der Waals surface area (Å²) in [4.78, 5) is 21.8. The van der Waals surface area contributed by atoms with Gasteiger partial charge in [0.25, 0.3) is 5.69 Å². The number of rotatable bonds is 7. The summed E-state index contributed by atoms with van der Waals surface area (Å²) in [6.07, 6.45) is 1.25. The van der Waals surface area contributed by atoms with Crippen molar-refractivity contribution in [2.75, 3.05) is 6.61 Å². The number of non-ortho nitro benzene ring substituents is 1. The first kappa shape index (κ1) is 15.1. The SMILES string of the molecule is CC(CCO)NC(=O)CCc1cccc([N+](=O)[O-])c1. The maximum Gasteiger partial charge on any atom is 0.269 e. The number of aryl methyl sites for hydroxylation is 1. The van der Waals surface area contributed by atoms with Gasteiger partial charge in [0.05, 0.1) is 4.92 Å². The van der Waals surface area contributed by atoms with Gasteiger partial charge in [-0.15, -0.1) is 0 Å². The average molecular weight is 266 g/mol. The zero-order chi connectivity index (χ0) is 14.3. The number of nitrogens with zero attached hydrogens (tertiary/aromatic N) is 1. The van der Waals surface area contributed by atoms with Crippen molar-refractivity contribution in [2.24, 2.45) is 0 Å². The molecule has 0 aliphatic rings. The van der Waals surface area contributed by atoms with Gasteiger partial charge in [-0.05, 0) is 25.3 Å². The van der Waals surface area contributed by atoms with Gasteiger partial charge >= 0.3 is 0 Å². The third-order valence-electron chi connectivity index (χ3n) is 2.73. The molecular weight excluding hydrogens is 248 g/mol. The Morgan fingerprint density at radius 1 is 1.53 bits per heavy atom. The summed E-state index contributed by atoms with van der Waals surface area (Å²) in [6, 6.07) is 6.21. The van der Waals surface area contributed by atoms with E-state index in [1.807, 2.05) is 6.92 Å². The van der Waals surface area contributed by atoms with Crippen LogP contribution in [0.1, 0.15) is 25.3 Å². The second-order valence-electron chi connectivity index (χ2n) is 4.41. The number of carbonyl (C=O) groups excluding carboxylic acids is 1. The Balaban J connectivity index is 2.46. The van der Waals surface area contributed by atoms with Crippen LogP contribution >= 0.6 is 0 Å². The molecule has 0 saturated carbocycles. The van der Waals surface area contributed by atoms with Crippen molar-refractivity contribution in [2.45, 2.75) is 32.2 Å². The molecule has 0 fully saturated rings. The van der Waals surface area contributed by atoms with Gasteiger partial charge in [0, 0.05) is 31.2 Å². The number of amides is 1. The van der Waals surface area contributed by atoms with E-state index in [4.69, 9.17) is 5.11 Å². The van der Waals surface area contributed by atoms with Crippen molar-refractivity contribution < 1.29 is 14.8 Å². The Bertz CT molecular complexity index is 448. The summed E-state index contributed by atoms with van der Waals surface area (Å²) < 4.78 is 0. The molecule has 1 aromatic rings. The minimum absolute atomic E-state index is 0.0338.